The van der Waals surface area contributed by atoms with Crippen LogP contribution in [0.2, 0.25) is 0 Å². The van der Waals surface area contributed by atoms with Crippen molar-refractivity contribution in [3.8, 4) is 0 Å². The molecule has 4 fully saturated rings. The first-order chi connectivity index (χ1) is 12.2. The Kier molecular flexibility index (Phi) is 5.91. The van der Waals surface area contributed by atoms with Gasteiger partial charge < -0.3 is 15.0 Å². The molecule has 0 radical (unpaired) electrons. The first-order valence-corrected chi connectivity index (χ1v) is 10.3. The van der Waals surface area contributed by atoms with E-state index in [9.17, 15) is 0 Å². The Labute approximate surface area is 151 Å². The molecule has 4 rings (SSSR count). The summed E-state index contributed by atoms with van der Waals surface area (Å²) in [6.07, 6.45) is 8.64. The Morgan fingerprint density at radius 2 is 1.92 bits per heavy atom. The van der Waals surface area contributed by atoms with E-state index in [4.69, 9.17) is 9.57 Å². The van der Waals surface area contributed by atoms with Gasteiger partial charge in [0.05, 0.1) is 38.5 Å². The number of ether oxygens (including phenoxy) is 1. The van der Waals surface area contributed by atoms with Gasteiger partial charge in [0.2, 0.25) is 0 Å². The van der Waals surface area contributed by atoms with Crippen molar-refractivity contribution in [2.24, 2.45) is 5.92 Å². The molecule has 0 aromatic rings. The lowest BCUT2D eigenvalue weighted by atomic mass is 9.94. The lowest BCUT2D eigenvalue weighted by molar-refractivity contribution is -0.942. The van der Waals surface area contributed by atoms with Crippen LogP contribution in [-0.2, 0) is 9.57 Å². The van der Waals surface area contributed by atoms with Crippen molar-refractivity contribution in [1.29, 1.82) is 0 Å². The topological polar surface area (TPSA) is 66.8 Å². The Bertz CT molecular complexity index is 424. The number of nitrogens with zero attached hydrogens (tertiary/aromatic N) is 1. The largest absolute Gasteiger partial charge is 0.381 e. The first-order valence-electron chi connectivity index (χ1n) is 10.3. The minimum Gasteiger partial charge on any atom is -0.381 e. The maximum absolute atomic E-state index is 6.06. The number of quaternary nitrogens is 2. The van der Waals surface area contributed by atoms with E-state index in [1.54, 1.807) is 4.90 Å². The minimum atomic E-state index is 0.164. The zero-order valence-electron chi connectivity index (χ0n) is 15.9. The van der Waals surface area contributed by atoms with Gasteiger partial charge in [0.15, 0.2) is 6.23 Å². The van der Waals surface area contributed by atoms with Gasteiger partial charge in [-0.1, -0.05) is 0 Å². The molecule has 7 heteroatoms. The molecular formula is C18H37N5O2+2. The van der Waals surface area contributed by atoms with Crippen LogP contribution in [-0.4, -0.2) is 75.9 Å². The van der Waals surface area contributed by atoms with Crippen LogP contribution >= 0.6 is 0 Å². The Balaban J connectivity index is 1.30. The monoisotopic (exact) mass is 355 g/mol. The standard InChI is InChI=1S/C18H35N5O2/c1-22(2)16-6-5-13(12-19-16)17-20-18(25-21-17)15-4-3-9-23(15)14-7-10-24-11-8-14/h13-21H,3-12H2,1-2H3/p+2. The van der Waals surface area contributed by atoms with Crippen molar-refractivity contribution in [2.45, 2.75) is 69.2 Å². The zero-order chi connectivity index (χ0) is 17.2. The maximum Gasteiger partial charge on any atom is 0.183 e. The molecule has 6 unspecified atom stereocenters. The van der Waals surface area contributed by atoms with Crippen LogP contribution in [0, 0.1) is 5.92 Å². The molecule has 4 aliphatic heterocycles. The van der Waals surface area contributed by atoms with Gasteiger partial charge in [-0.2, -0.15) is 5.48 Å². The number of rotatable bonds is 4. The minimum absolute atomic E-state index is 0.164. The van der Waals surface area contributed by atoms with E-state index < -0.39 is 0 Å². The predicted molar refractivity (Wildman–Crippen MR) is 94.6 cm³/mol. The summed E-state index contributed by atoms with van der Waals surface area (Å²) in [6.45, 7) is 4.34. The van der Waals surface area contributed by atoms with Gasteiger partial charge in [-0.05, 0) is 20.5 Å². The molecule has 0 amide bonds. The van der Waals surface area contributed by atoms with E-state index in [-0.39, 0.29) is 6.23 Å². The van der Waals surface area contributed by atoms with Crippen LogP contribution in [0.3, 0.4) is 0 Å². The molecule has 6 atom stereocenters. The Morgan fingerprint density at radius 3 is 2.64 bits per heavy atom. The molecule has 25 heavy (non-hydrogen) atoms. The molecule has 4 saturated heterocycles. The first kappa shape index (κ1) is 18.1. The average Bonchev–Trinajstić information content (AvgIpc) is 3.32. The maximum atomic E-state index is 6.06. The summed E-state index contributed by atoms with van der Waals surface area (Å²) >= 11 is 0. The molecule has 0 bridgehead atoms. The van der Waals surface area contributed by atoms with E-state index in [1.807, 2.05) is 0 Å². The number of piperidine rings is 1. The van der Waals surface area contributed by atoms with Crippen LogP contribution < -0.4 is 21.0 Å². The summed E-state index contributed by atoms with van der Waals surface area (Å²) < 4.78 is 5.56. The fourth-order valence-electron chi connectivity index (χ4n) is 5.36. The summed E-state index contributed by atoms with van der Waals surface area (Å²) in [5.74, 6) is 0.647. The summed E-state index contributed by atoms with van der Waals surface area (Å²) in [4.78, 5) is 10.1. The van der Waals surface area contributed by atoms with Crippen LogP contribution in [0.5, 0.6) is 0 Å². The summed E-state index contributed by atoms with van der Waals surface area (Å²) in [5, 5.41) is 6.28. The quantitative estimate of drug-likeness (QED) is 0.463. The van der Waals surface area contributed by atoms with Gasteiger partial charge in [-0.3, -0.25) is 15.1 Å². The van der Waals surface area contributed by atoms with Crippen molar-refractivity contribution in [3.05, 3.63) is 0 Å². The lowest BCUT2D eigenvalue weighted by Crippen LogP contribution is -3.19. The molecular weight excluding hydrogens is 318 g/mol. The third kappa shape index (κ3) is 4.03. The number of likely N-dealkylation sites (tertiary alicyclic amines) is 1. The van der Waals surface area contributed by atoms with E-state index >= 15 is 0 Å². The van der Waals surface area contributed by atoms with E-state index in [1.165, 1.54) is 51.6 Å². The van der Waals surface area contributed by atoms with Gasteiger partial charge in [0.1, 0.15) is 12.2 Å². The number of nitrogens with one attached hydrogen (secondary N) is 3. The second-order valence-corrected chi connectivity index (χ2v) is 8.60. The van der Waals surface area contributed by atoms with Crippen molar-refractivity contribution in [1.82, 2.24) is 15.7 Å². The Hall–Kier alpha value is -0.280. The third-order valence-corrected chi connectivity index (χ3v) is 6.91. The number of hydrogen-bond donors (Lipinski definition) is 4. The van der Waals surface area contributed by atoms with Crippen LogP contribution in [0.15, 0.2) is 0 Å². The van der Waals surface area contributed by atoms with Gasteiger partial charge in [0.25, 0.3) is 0 Å². The molecule has 0 saturated carbocycles. The fourth-order valence-corrected chi connectivity index (χ4v) is 5.36. The van der Waals surface area contributed by atoms with Gasteiger partial charge in [-0.25, -0.2) is 0 Å². The number of hydroxylamine groups is 1. The SMILES string of the molecule is CN(C)C1CCC(C2NOC(C3CCC[NH+]3C3CCOCC3)N2)C[NH2+]1. The Morgan fingerprint density at radius 1 is 1.08 bits per heavy atom. The molecule has 0 aromatic heterocycles. The van der Waals surface area contributed by atoms with Crippen molar-refractivity contribution >= 4 is 0 Å². The van der Waals surface area contributed by atoms with E-state index in [0.717, 1.165) is 19.3 Å². The van der Waals surface area contributed by atoms with E-state index in [0.29, 0.717) is 24.3 Å². The highest BCUT2D eigenvalue weighted by Crippen LogP contribution is 2.20. The molecule has 144 valence electrons. The van der Waals surface area contributed by atoms with Crippen LogP contribution in [0.1, 0.15) is 38.5 Å². The molecule has 4 heterocycles. The van der Waals surface area contributed by atoms with Gasteiger partial charge in [0, 0.05) is 38.0 Å². The highest BCUT2D eigenvalue weighted by atomic mass is 16.7. The molecule has 0 aromatic carbocycles. The molecule has 4 aliphatic rings. The highest BCUT2D eigenvalue weighted by Gasteiger charge is 2.45. The summed E-state index contributed by atoms with van der Waals surface area (Å²) in [5.41, 5.74) is 3.34. The summed E-state index contributed by atoms with van der Waals surface area (Å²) in [7, 11) is 4.36. The normalized spacial score (nSPS) is 43.8. The second kappa shape index (κ2) is 8.17. The van der Waals surface area contributed by atoms with Crippen molar-refractivity contribution < 1.29 is 19.8 Å². The van der Waals surface area contributed by atoms with Crippen molar-refractivity contribution in [3.63, 3.8) is 0 Å². The molecule has 5 N–H and O–H groups in total. The fraction of sp³-hybridized carbons (Fsp3) is 1.00. The van der Waals surface area contributed by atoms with E-state index in [2.05, 4.69) is 35.1 Å². The lowest BCUT2D eigenvalue weighted by Gasteiger charge is -2.35. The van der Waals surface area contributed by atoms with Crippen LogP contribution in [0.25, 0.3) is 0 Å². The molecule has 7 nitrogen and oxygen atoms in total. The second-order valence-electron chi connectivity index (χ2n) is 8.60. The smallest absolute Gasteiger partial charge is 0.183 e. The predicted octanol–water partition coefficient (Wildman–Crippen LogP) is -2.15. The van der Waals surface area contributed by atoms with Gasteiger partial charge >= 0.3 is 0 Å². The average molecular weight is 356 g/mol. The summed E-state index contributed by atoms with van der Waals surface area (Å²) in [6, 6.07) is 1.34. The van der Waals surface area contributed by atoms with Gasteiger partial charge in [-0.15, -0.1) is 0 Å². The zero-order valence-corrected chi connectivity index (χ0v) is 15.9. The highest BCUT2D eigenvalue weighted by molar-refractivity contribution is 4.84. The molecule has 0 spiro atoms. The molecule has 0 aliphatic carbocycles. The third-order valence-electron chi connectivity index (χ3n) is 6.91. The van der Waals surface area contributed by atoms with Crippen LogP contribution in [0.4, 0.5) is 0 Å². The number of nitrogens with two attached hydrogens (primary N) is 1. The number of hydrogen-bond acceptors (Lipinski definition) is 5. The van der Waals surface area contributed by atoms with Crippen molar-refractivity contribution in [2.75, 3.05) is 40.4 Å².